The van der Waals surface area contributed by atoms with Crippen molar-refractivity contribution in [2.45, 2.75) is 19.9 Å². The molecule has 152 valence electrons. The summed E-state index contributed by atoms with van der Waals surface area (Å²) in [5, 5.41) is 15.0. The van der Waals surface area contributed by atoms with Crippen LogP contribution >= 0.6 is 15.9 Å². The number of oxime groups is 1. The minimum Gasteiger partial charge on any atom is -0.409 e. The Labute approximate surface area is 174 Å². The predicted molar refractivity (Wildman–Crippen MR) is 110 cm³/mol. The maximum atomic E-state index is 13.9. The number of rotatable bonds is 7. The summed E-state index contributed by atoms with van der Waals surface area (Å²) in [7, 11) is 0. The molecule has 2 aromatic heterocycles. The summed E-state index contributed by atoms with van der Waals surface area (Å²) in [4.78, 5) is 8.40. The van der Waals surface area contributed by atoms with E-state index < -0.39 is 11.6 Å². The maximum absolute atomic E-state index is 13.9. The number of benzene rings is 1. The van der Waals surface area contributed by atoms with Gasteiger partial charge in [-0.3, -0.25) is 0 Å². The van der Waals surface area contributed by atoms with Crippen molar-refractivity contribution in [1.29, 1.82) is 0 Å². The fraction of sp³-hybridized carbons (Fsp3) is 0.211. The van der Waals surface area contributed by atoms with Gasteiger partial charge in [-0.1, -0.05) is 21.1 Å². The normalized spacial score (nSPS) is 11.7. The molecule has 4 N–H and O–H groups in total. The van der Waals surface area contributed by atoms with Gasteiger partial charge < -0.3 is 20.8 Å². The first-order valence-corrected chi connectivity index (χ1v) is 9.60. The molecule has 1 aromatic carbocycles. The molecular weight excluding hydrogens is 446 g/mol. The van der Waals surface area contributed by atoms with E-state index in [9.17, 15) is 8.78 Å². The third-order valence-electron chi connectivity index (χ3n) is 4.36. The zero-order valence-corrected chi connectivity index (χ0v) is 17.1. The molecule has 0 aliphatic rings. The largest absolute Gasteiger partial charge is 0.409 e. The molecule has 0 aliphatic heterocycles. The average molecular weight is 465 g/mol. The van der Waals surface area contributed by atoms with E-state index in [1.165, 1.54) is 18.5 Å². The Hall–Kier alpha value is -3.01. The number of hydrogen-bond donors (Lipinski definition) is 3. The van der Waals surface area contributed by atoms with Gasteiger partial charge in [0.05, 0.1) is 11.4 Å². The van der Waals surface area contributed by atoms with Crippen molar-refractivity contribution in [2.24, 2.45) is 10.9 Å². The van der Waals surface area contributed by atoms with Crippen molar-refractivity contribution in [3.63, 3.8) is 0 Å². The Balaban J connectivity index is 1.75. The lowest BCUT2D eigenvalue weighted by molar-refractivity contribution is 0.318. The lowest BCUT2D eigenvalue weighted by Crippen LogP contribution is -2.17. The fourth-order valence-corrected chi connectivity index (χ4v) is 3.32. The molecule has 0 saturated heterocycles. The first kappa shape index (κ1) is 20.7. The summed E-state index contributed by atoms with van der Waals surface area (Å²) in [5.74, 6) is -0.677. The number of aryl methyl sites for hydroxylation is 1. The number of nitrogens with two attached hydrogens (primary N) is 1. The summed E-state index contributed by atoms with van der Waals surface area (Å²) >= 11 is 3.06. The highest BCUT2D eigenvalue weighted by atomic mass is 79.9. The topological polar surface area (TPSA) is 101 Å². The number of amidine groups is 1. The molecule has 0 spiro atoms. The van der Waals surface area contributed by atoms with E-state index >= 15 is 0 Å². The molecular formula is C19H19BrF2N6O. The fourth-order valence-electron chi connectivity index (χ4n) is 2.92. The van der Waals surface area contributed by atoms with Crippen LogP contribution in [0.2, 0.25) is 0 Å². The van der Waals surface area contributed by atoms with Crippen molar-refractivity contribution < 1.29 is 14.0 Å². The Morgan fingerprint density at radius 2 is 1.97 bits per heavy atom. The summed E-state index contributed by atoms with van der Waals surface area (Å²) in [6.45, 7) is 2.86. The quantitative estimate of drug-likeness (QED) is 0.214. The number of anilines is 1. The van der Waals surface area contributed by atoms with Crippen molar-refractivity contribution >= 4 is 27.6 Å². The molecule has 7 nitrogen and oxygen atoms in total. The van der Waals surface area contributed by atoms with Crippen LogP contribution in [0.1, 0.15) is 18.2 Å². The van der Waals surface area contributed by atoms with Gasteiger partial charge in [-0.2, -0.15) is 0 Å². The summed E-state index contributed by atoms with van der Waals surface area (Å²) in [6, 6.07) is 5.95. The zero-order valence-electron chi connectivity index (χ0n) is 15.5. The number of nitrogens with one attached hydrogen (secondary N) is 1. The van der Waals surface area contributed by atoms with E-state index in [0.717, 1.165) is 5.56 Å². The van der Waals surface area contributed by atoms with Gasteiger partial charge in [0.2, 0.25) is 0 Å². The van der Waals surface area contributed by atoms with Gasteiger partial charge in [-0.25, -0.2) is 18.7 Å². The molecule has 29 heavy (non-hydrogen) atoms. The monoisotopic (exact) mass is 464 g/mol. The maximum Gasteiger partial charge on any atom is 0.186 e. The van der Waals surface area contributed by atoms with Crippen molar-refractivity contribution in [2.75, 3.05) is 11.9 Å². The van der Waals surface area contributed by atoms with Crippen LogP contribution in [0.25, 0.3) is 11.3 Å². The van der Waals surface area contributed by atoms with Gasteiger partial charge in [0.25, 0.3) is 0 Å². The Morgan fingerprint density at radius 3 is 2.62 bits per heavy atom. The number of hydrogen-bond acceptors (Lipinski definition) is 5. The lowest BCUT2D eigenvalue weighted by Gasteiger charge is -2.08. The molecule has 0 amide bonds. The smallest absolute Gasteiger partial charge is 0.186 e. The van der Waals surface area contributed by atoms with E-state index in [1.54, 1.807) is 12.1 Å². The second kappa shape index (κ2) is 8.99. The van der Waals surface area contributed by atoms with Crippen LogP contribution in [0.4, 0.5) is 14.6 Å². The predicted octanol–water partition coefficient (Wildman–Crippen LogP) is 3.75. The van der Waals surface area contributed by atoms with Crippen LogP contribution in [0.3, 0.4) is 0 Å². The second-order valence-corrected chi connectivity index (χ2v) is 7.11. The molecule has 0 bridgehead atoms. The summed E-state index contributed by atoms with van der Waals surface area (Å²) in [6.07, 6.45) is 3.39. The van der Waals surface area contributed by atoms with Gasteiger partial charge in [-0.15, -0.1) is 0 Å². The summed E-state index contributed by atoms with van der Waals surface area (Å²) < 4.78 is 30.0. The second-order valence-electron chi connectivity index (χ2n) is 6.20. The molecule has 0 aliphatic carbocycles. The van der Waals surface area contributed by atoms with Crippen LogP contribution < -0.4 is 11.1 Å². The van der Waals surface area contributed by atoms with Gasteiger partial charge in [0.1, 0.15) is 23.8 Å². The first-order chi connectivity index (χ1) is 13.9. The molecule has 10 heteroatoms. The Kier molecular flexibility index (Phi) is 6.42. The standard InChI is InChI=1S/C19H19BrF2N6O/c1-2-28-9-11(5-17(28)19(23)27-29)16-8-18(26-10-25-16)24-4-3-13-14(21)6-12(20)7-15(13)22/h5-10,29H,2-4H2,1H3,(H2,23,27)(H,24,25,26). The van der Waals surface area contributed by atoms with E-state index in [-0.39, 0.29) is 24.4 Å². The molecule has 0 radical (unpaired) electrons. The minimum absolute atomic E-state index is 0.00376. The van der Waals surface area contributed by atoms with E-state index in [1.807, 2.05) is 17.7 Å². The average Bonchev–Trinajstić information content (AvgIpc) is 3.14. The lowest BCUT2D eigenvalue weighted by atomic mass is 10.1. The number of halogens is 3. The minimum atomic E-state index is -0.598. The molecule has 0 atom stereocenters. The van der Waals surface area contributed by atoms with Gasteiger partial charge >= 0.3 is 0 Å². The van der Waals surface area contributed by atoms with Crippen LogP contribution in [0, 0.1) is 11.6 Å². The highest BCUT2D eigenvalue weighted by Gasteiger charge is 2.13. The highest BCUT2D eigenvalue weighted by Crippen LogP contribution is 2.23. The van der Waals surface area contributed by atoms with Crippen LogP contribution in [0.15, 0.2) is 46.4 Å². The molecule has 0 fully saturated rings. The van der Waals surface area contributed by atoms with Gasteiger partial charge in [0.15, 0.2) is 5.84 Å². The van der Waals surface area contributed by atoms with Crippen molar-refractivity contribution in [3.8, 4) is 11.3 Å². The molecule has 2 heterocycles. The third kappa shape index (κ3) is 4.70. The molecule has 3 aromatic rings. The Morgan fingerprint density at radius 1 is 1.24 bits per heavy atom. The number of nitrogens with zero attached hydrogens (tertiary/aromatic N) is 4. The van der Waals surface area contributed by atoms with Crippen LogP contribution in [0.5, 0.6) is 0 Å². The third-order valence-corrected chi connectivity index (χ3v) is 4.82. The molecule has 3 rings (SSSR count). The van der Waals surface area contributed by atoms with Crippen LogP contribution in [-0.2, 0) is 13.0 Å². The Bertz CT molecular complexity index is 1030. The zero-order chi connectivity index (χ0) is 21.0. The van der Waals surface area contributed by atoms with E-state index in [2.05, 4.69) is 36.4 Å². The summed E-state index contributed by atoms with van der Waals surface area (Å²) in [5.41, 5.74) is 7.69. The van der Waals surface area contributed by atoms with E-state index in [4.69, 9.17) is 10.9 Å². The van der Waals surface area contributed by atoms with Crippen LogP contribution in [-0.4, -0.2) is 32.1 Å². The highest BCUT2D eigenvalue weighted by molar-refractivity contribution is 9.10. The first-order valence-electron chi connectivity index (χ1n) is 8.80. The van der Waals surface area contributed by atoms with Gasteiger partial charge in [0, 0.05) is 41.0 Å². The SMILES string of the molecule is CCn1cc(-c2cc(NCCc3c(F)cc(Br)cc3F)ncn2)cc1/C(N)=N/O. The molecule has 0 saturated carbocycles. The van der Waals surface area contributed by atoms with E-state index in [0.29, 0.717) is 28.2 Å². The van der Waals surface area contributed by atoms with Crippen molar-refractivity contribution in [1.82, 2.24) is 14.5 Å². The number of aromatic nitrogens is 3. The van der Waals surface area contributed by atoms with Gasteiger partial charge in [-0.05, 0) is 31.5 Å². The van der Waals surface area contributed by atoms with Crippen molar-refractivity contribution in [3.05, 3.63) is 64.2 Å². The molecule has 0 unspecified atom stereocenters.